The Labute approximate surface area is 126 Å². The number of aromatic amines is 1. The minimum Gasteiger partial charge on any atom is -0.394 e. The van der Waals surface area contributed by atoms with Crippen LogP contribution in [0, 0.1) is 13.8 Å². The largest absolute Gasteiger partial charge is 0.394 e. The highest BCUT2D eigenvalue weighted by Gasteiger charge is 2.44. The molecule has 4 atom stereocenters. The Morgan fingerprint density at radius 2 is 2.00 bits per heavy atom. The van der Waals surface area contributed by atoms with Crippen LogP contribution < -0.4 is 5.56 Å². The van der Waals surface area contributed by atoms with Gasteiger partial charge in [0.15, 0.2) is 0 Å². The maximum Gasteiger partial charge on any atom is 0.255 e. The molecule has 2 aromatic rings. The molecule has 4 N–H and O–H groups in total. The summed E-state index contributed by atoms with van der Waals surface area (Å²) >= 11 is 0. The molecule has 7 nitrogen and oxygen atoms in total. The molecule has 1 fully saturated rings. The van der Waals surface area contributed by atoms with Crippen molar-refractivity contribution in [1.82, 2.24) is 9.97 Å². The smallest absolute Gasteiger partial charge is 0.255 e. The molecule has 3 heterocycles. The van der Waals surface area contributed by atoms with Crippen molar-refractivity contribution in [3.8, 4) is 0 Å². The Bertz CT molecular complexity index is 772. The van der Waals surface area contributed by atoms with Gasteiger partial charge in [-0.15, -0.1) is 0 Å². The van der Waals surface area contributed by atoms with Gasteiger partial charge in [0.1, 0.15) is 30.1 Å². The van der Waals surface area contributed by atoms with Gasteiger partial charge in [-0.2, -0.15) is 0 Å². The summed E-state index contributed by atoms with van der Waals surface area (Å²) in [5, 5.41) is 29.7. The number of H-pyrrole nitrogens is 1. The van der Waals surface area contributed by atoms with Crippen molar-refractivity contribution >= 4 is 11.0 Å². The normalized spacial score (nSPS) is 28.4. The number of nitrogens with zero attached hydrogens (tertiary/aromatic N) is 1. The summed E-state index contributed by atoms with van der Waals surface area (Å²) in [6, 6.07) is 3.49. The summed E-state index contributed by atoms with van der Waals surface area (Å²) in [5.41, 5.74) is 2.04. The van der Waals surface area contributed by atoms with Gasteiger partial charge in [-0.3, -0.25) is 4.79 Å². The van der Waals surface area contributed by atoms with E-state index in [1.807, 2.05) is 19.9 Å². The number of pyridine rings is 2. The standard InChI is InChI=1S/C15H18N2O5/c1-6-3-8-4-9(15(21)17-14(8)16-7(6)2)13-12(20)11(19)10(5-18)22-13/h3-4,10-13,18-20H,5H2,1-2H3,(H,16,17,21). The van der Waals surface area contributed by atoms with E-state index < -0.39 is 36.6 Å². The molecule has 2 aromatic heterocycles. The molecular weight excluding hydrogens is 288 g/mol. The first-order valence-electron chi connectivity index (χ1n) is 7.06. The molecule has 0 saturated carbocycles. The van der Waals surface area contributed by atoms with Crippen LogP contribution in [-0.2, 0) is 4.74 Å². The highest BCUT2D eigenvalue weighted by atomic mass is 16.6. The highest BCUT2D eigenvalue weighted by molar-refractivity contribution is 5.76. The lowest BCUT2D eigenvalue weighted by molar-refractivity contribution is -0.0231. The van der Waals surface area contributed by atoms with E-state index in [1.165, 1.54) is 0 Å². The number of rotatable bonds is 2. The molecule has 1 saturated heterocycles. The second-order valence-corrected chi connectivity index (χ2v) is 5.64. The van der Waals surface area contributed by atoms with Crippen molar-refractivity contribution < 1.29 is 20.1 Å². The number of hydrogen-bond donors (Lipinski definition) is 4. The van der Waals surface area contributed by atoms with Gasteiger partial charge in [0.05, 0.1) is 6.61 Å². The van der Waals surface area contributed by atoms with Crippen molar-refractivity contribution in [2.75, 3.05) is 6.61 Å². The van der Waals surface area contributed by atoms with E-state index in [9.17, 15) is 15.0 Å². The van der Waals surface area contributed by atoms with E-state index >= 15 is 0 Å². The van der Waals surface area contributed by atoms with E-state index in [0.29, 0.717) is 5.65 Å². The molecule has 0 amide bonds. The molecule has 4 unspecified atom stereocenters. The molecule has 0 spiro atoms. The Morgan fingerprint density at radius 1 is 1.27 bits per heavy atom. The number of aliphatic hydroxyl groups is 3. The van der Waals surface area contributed by atoms with Crippen LogP contribution in [-0.4, -0.2) is 50.2 Å². The van der Waals surface area contributed by atoms with Crippen molar-refractivity contribution in [2.45, 2.75) is 38.3 Å². The quantitative estimate of drug-likeness (QED) is 0.605. The van der Waals surface area contributed by atoms with Crippen molar-refractivity contribution in [2.24, 2.45) is 0 Å². The highest BCUT2D eigenvalue weighted by Crippen LogP contribution is 2.32. The molecule has 7 heteroatoms. The SMILES string of the molecule is Cc1cc2cc(C3OC(CO)C(O)C3O)c(=O)[nH]c2nc1C. The van der Waals surface area contributed by atoms with Gasteiger partial charge in [0.2, 0.25) is 0 Å². The second-order valence-electron chi connectivity index (χ2n) is 5.64. The average molecular weight is 306 g/mol. The summed E-state index contributed by atoms with van der Waals surface area (Å²) in [7, 11) is 0. The summed E-state index contributed by atoms with van der Waals surface area (Å²) < 4.78 is 5.41. The van der Waals surface area contributed by atoms with E-state index in [-0.39, 0.29) is 5.56 Å². The fourth-order valence-corrected chi connectivity index (χ4v) is 2.72. The number of nitrogens with one attached hydrogen (secondary N) is 1. The number of aromatic nitrogens is 2. The molecule has 0 bridgehead atoms. The van der Waals surface area contributed by atoms with Gasteiger partial charge in [-0.1, -0.05) is 0 Å². The molecule has 1 aliphatic heterocycles. The minimum absolute atomic E-state index is 0.208. The molecule has 1 aliphatic rings. The third kappa shape index (κ3) is 2.32. The maximum absolute atomic E-state index is 12.2. The zero-order valence-corrected chi connectivity index (χ0v) is 12.3. The Morgan fingerprint density at radius 3 is 2.64 bits per heavy atom. The van der Waals surface area contributed by atoms with Gasteiger partial charge >= 0.3 is 0 Å². The fraction of sp³-hybridized carbons (Fsp3) is 0.467. The van der Waals surface area contributed by atoms with E-state index in [4.69, 9.17) is 9.84 Å². The molecule has 0 radical (unpaired) electrons. The first-order chi connectivity index (χ1) is 10.4. The van der Waals surface area contributed by atoms with Gasteiger partial charge in [0.25, 0.3) is 5.56 Å². The summed E-state index contributed by atoms with van der Waals surface area (Å²) in [4.78, 5) is 19.2. The first-order valence-corrected chi connectivity index (χ1v) is 7.06. The number of aliphatic hydroxyl groups excluding tert-OH is 3. The predicted octanol–water partition coefficient (Wildman–Crippen LogP) is -0.306. The van der Waals surface area contributed by atoms with Crippen LogP contribution in [0.25, 0.3) is 11.0 Å². The third-order valence-electron chi connectivity index (χ3n) is 4.15. The van der Waals surface area contributed by atoms with Crippen molar-refractivity contribution in [3.05, 3.63) is 39.3 Å². The molecule has 0 aliphatic carbocycles. The van der Waals surface area contributed by atoms with Crippen molar-refractivity contribution in [1.29, 1.82) is 0 Å². The number of ether oxygens (including phenoxy) is 1. The summed E-state index contributed by atoms with van der Waals surface area (Å²) in [6.45, 7) is 3.34. The molecule has 118 valence electrons. The van der Waals surface area contributed by atoms with Gasteiger partial charge < -0.3 is 25.0 Å². The zero-order valence-electron chi connectivity index (χ0n) is 12.3. The predicted molar refractivity (Wildman–Crippen MR) is 78.6 cm³/mol. The maximum atomic E-state index is 12.2. The van der Waals surface area contributed by atoms with Crippen LogP contribution in [0.3, 0.4) is 0 Å². The lowest BCUT2D eigenvalue weighted by Crippen LogP contribution is -2.33. The zero-order chi connectivity index (χ0) is 16.0. The number of fused-ring (bicyclic) bond motifs is 1. The number of hydrogen-bond acceptors (Lipinski definition) is 6. The second kappa shape index (κ2) is 5.44. The first kappa shape index (κ1) is 15.1. The van der Waals surface area contributed by atoms with E-state index in [1.54, 1.807) is 6.07 Å². The van der Waals surface area contributed by atoms with Gasteiger partial charge in [-0.05, 0) is 31.5 Å². The summed E-state index contributed by atoms with van der Waals surface area (Å²) in [6.07, 6.45) is -4.40. The summed E-state index contributed by atoms with van der Waals surface area (Å²) in [5.74, 6) is 0. The van der Waals surface area contributed by atoms with Crippen LogP contribution in [0.1, 0.15) is 22.9 Å². The van der Waals surface area contributed by atoms with Crippen molar-refractivity contribution in [3.63, 3.8) is 0 Å². The van der Waals surface area contributed by atoms with Crippen LogP contribution in [0.15, 0.2) is 16.9 Å². The molecule has 0 aromatic carbocycles. The van der Waals surface area contributed by atoms with Gasteiger partial charge in [0, 0.05) is 16.6 Å². The van der Waals surface area contributed by atoms with E-state index in [0.717, 1.165) is 16.6 Å². The third-order valence-corrected chi connectivity index (χ3v) is 4.15. The van der Waals surface area contributed by atoms with E-state index in [2.05, 4.69) is 9.97 Å². The molecule has 3 rings (SSSR count). The van der Waals surface area contributed by atoms with Crippen LogP contribution >= 0.6 is 0 Å². The Balaban J connectivity index is 2.10. The minimum atomic E-state index is -1.27. The monoisotopic (exact) mass is 306 g/mol. The van der Waals surface area contributed by atoms with Crippen LogP contribution in [0.2, 0.25) is 0 Å². The number of aryl methyl sites for hydroxylation is 2. The Hall–Kier alpha value is -1.80. The lowest BCUT2D eigenvalue weighted by Gasteiger charge is -2.15. The van der Waals surface area contributed by atoms with Crippen LogP contribution in [0.5, 0.6) is 0 Å². The average Bonchev–Trinajstić information content (AvgIpc) is 2.76. The van der Waals surface area contributed by atoms with Crippen LogP contribution in [0.4, 0.5) is 0 Å². The Kier molecular flexibility index (Phi) is 3.73. The molecular formula is C15H18N2O5. The fourth-order valence-electron chi connectivity index (χ4n) is 2.72. The van der Waals surface area contributed by atoms with Gasteiger partial charge in [-0.25, -0.2) is 4.98 Å². The lowest BCUT2D eigenvalue weighted by atomic mass is 10.0. The topological polar surface area (TPSA) is 116 Å². The molecule has 22 heavy (non-hydrogen) atoms.